The average Bonchev–Trinajstić information content (AvgIpc) is 2.35. The van der Waals surface area contributed by atoms with Crippen molar-refractivity contribution in [1.82, 2.24) is 0 Å². The van der Waals surface area contributed by atoms with Gasteiger partial charge >= 0.3 is 0 Å². The van der Waals surface area contributed by atoms with Gasteiger partial charge in [-0.05, 0) is 25.7 Å². The molecule has 0 unspecified atom stereocenters. The van der Waals surface area contributed by atoms with Crippen molar-refractivity contribution in [3.8, 4) is 0 Å². The molecule has 0 fully saturated rings. The van der Waals surface area contributed by atoms with E-state index in [9.17, 15) is 5.11 Å². The SMILES string of the molecule is CCCCCCCC([O-])=NCC(C)(C)C[N+](C)(C)CC.I. The van der Waals surface area contributed by atoms with E-state index in [1.54, 1.807) is 0 Å². The summed E-state index contributed by atoms with van der Waals surface area (Å²) < 4.78 is 0.980. The molecule has 21 heavy (non-hydrogen) atoms. The molecule has 0 N–H and O–H groups in total. The van der Waals surface area contributed by atoms with Gasteiger partial charge in [-0.25, -0.2) is 0 Å². The number of hydrogen-bond acceptors (Lipinski definition) is 2. The number of nitrogens with zero attached hydrogens (tertiary/aromatic N) is 2. The lowest BCUT2D eigenvalue weighted by atomic mass is 9.92. The van der Waals surface area contributed by atoms with Crippen molar-refractivity contribution in [3.05, 3.63) is 0 Å². The summed E-state index contributed by atoms with van der Waals surface area (Å²) in [4.78, 5) is 4.28. The molecule has 128 valence electrons. The minimum Gasteiger partial charge on any atom is -0.862 e. The first-order valence-corrected chi connectivity index (χ1v) is 8.25. The first-order chi connectivity index (χ1) is 9.22. The molecule has 0 spiro atoms. The molecule has 0 amide bonds. The van der Waals surface area contributed by atoms with E-state index in [1.807, 2.05) is 0 Å². The Morgan fingerprint density at radius 1 is 1.05 bits per heavy atom. The Labute approximate surface area is 149 Å². The summed E-state index contributed by atoms with van der Waals surface area (Å²) in [6.45, 7) is 11.6. The van der Waals surface area contributed by atoms with Crippen molar-refractivity contribution in [2.75, 3.05) is 33.7 Å². The van der Waals surface area contributed by atoms with Crippen molar-refractivity contribution in [1.29, 1.82) is 0 Å². The van der Waals surface area contributed by atoms with Gasteiger partial charge < -0.3 is 14.6 Å². The van der Waals surface area contributed by atoms with Crippen molar-refractivity contribution >= 4 is 29.9 Å². The van der Waals surface area contributed by atoms with Crippen LogP contribution in [0.25, 0.3) is 0 Å². The zero-order chi connectivity index (χ0) is 15.6. The Morgan fingerprint density at radius 2 is 1.62 bits per heavy atom. The van der Waals surface area contributed by atoms with Gasteiger partial charge in [-0.15, -0.1) is 24.0 Å². The minimum absolute atomic E-state index is 0. The van der Waals surface area contributed by atoms with Crippen LogP contribution in [0, 0.1) is 5.41 Å². The standard InChI is InChI=1S/C17H36N2O.HI/c1-7-9-10-11-12-13-16(20)18-14-17(3,4)15-19(5,6)8-2;/h7-15H2,1-6H3;1H. The van der Waals surface area contributed by atoms with E-state index in [4.69, 9.17) is 0 Å². The number of hydrogen-bond donors (Lipinski definition) is 0. The Bertz CT molecular complexity index is 289. The maximum absolute atomic E-state index is 11.8. The van der Waals surface area contributed by atoms with Gasteiger partial charge in [0, 0.05) is 12.0 Å². The van der Waals surface area contributed by atoms with E-state index in [1.165, 1.54) is 19.3 Å². The summed E-state index contributed by atoms with van der Waals surface area (Å²) in [7, 11) is 4.47. The fourth-order valence-corrected chi connectivity index (χ4v) is 2.58. The van der Waals surface area contributed by atoms with E-state index in [0.717, 1.165) is 30.4 Å². The summed E-state index contributed by atoms with van der Waals surface area (Å²) in [5, 5.41) is 11.8. The van der Waals surface area contributed by atoms with Crippen LogP contribution in [0.5, 0.6) is 0 Å². The molecule has 0 radical (unpaired) electrons. The second kappa shape index (κ2) is 11.7. The zero-order valence-corrected chi connectivity index (χ0v) is 17.4. The van der Waals surface area contributed by atoms with Gasteiger partial charge in [-0.2, -0.15) is 0 Å². The second-order valence-corrected chi connectivity index (χ2v) is 7.45. The number of aliphatic imine (C=N–C) groups is 1. The normalized spacial score (nSPS) is 13.1. The maximum Gasteiger partial charge on any atom is 0.0852 e. The highest BCUT2D eigenvalue weighted by Crippen LogP contribution is 2.20. The van der Waals surface area contributed by atoms with Crippen LogP contribution in [0.2, 0.25) is 0 Å². The summed E-state index contributed by atoms with van der Waals surface area (Å²) >= 11 is 0. The quantitative estimate of drug-likeness (QED) is 0.167. The number of rotatable bonds is 11. The van der Waals surface area contributed by atoms with Crippen LogP contribution in [-0.2, 0) is 0 Å². The van der Waals surface area contributed by atoms with Gasteiger partial charge in [0.05, 0.1) is 27.2 Å². The molecule has 0 atom stereocenters. The Hall–Kier alpha value is 0.160. The van der Waals surface area contributed by atoms with E-state index in [-0.39, 0.29) is 35.3 Å². The molecule has 0 saturated heterocycles. The highest BCUT2D eigenvalue weighted by Gasteiger charge is 2.27. The summed E-state index contributed by atoms with van der Waals surface area (Å²) in [5.74, 6) is 0.0939. The molecular weight excluding hydrogens is 375 g/mol. The van der Waals surface area contributed by atoms with E-state index in [0.29, 0.717) is 13.0 Å². The molecule has 0 aromatic rings. The molecule has 0 aromatic heterocycles. The fourth-order valence-electron chi connectivity index (χ4n) is 2.58. The van der Waals surface area contributed by atoms with E-state index in [2.05, 4.69) is 46.8 Å². The Kier molecular flexibility index (Phi) is 13.0. The molecule has 4 heteroatoms. The molecule has 0 aromatic carbocycles. The largest absolute Gasteiger partial charge is 0.862 e. The van der Waals surface area contributed by atoms with Crippen molar-refractivity contribution in [3.63, 3.8) is 0 Å². The van der Waals surface area contributed by atoms with Gasteiger partial charge in [0.2, 0.25) is 0 Å². The molecule has 0 aliphatic heterocycles. The van der Waals surface area contributed by atoms with Crippen LogP contribution >= 0.6 is 24.0 Å². The Morgan fingerprint density at radius 3 is 2.14 bits per heavy atom. The van der Waals surface area contributed by atoms with Crippen molar-refractivity contribution in [2.24, 2.45) is 10.4 Å². The molecule has 3 nitrogen and oxygen atoms in total. The number of unbranched alkanes of at least 4 members (excludes halogenated alkanes) is 4. The lowest BCUT2D eigenvalue weighted by Crippen LogP contribution is -2.47. The molecule has 0 rings (SSSR count). The topological polar surface area (TPSA) is 35.4 Å². The number of halogens is 1. The third-order valence-electron chi connectivity index (χ3n) is 3.89. The van der Waals surface area contributed by atoms with Gasteiger partial charge in [0.15, 0.2) is 0 Å². The van der Waals surface area contributed by atoms with Crippen molar-refractivity contribution in [2.45, 2.75) is 66.2 Å². The van der Waals surface area contributed by atoms with Crippen LogP contribution in [0.3, 0.4) is 0 Å². The maximum atomic E-state index is 11.8. The lowest BCUT2D eigenvalue weighted by molar-refractivity contribution is -0.894. The van der Waals surface area contributed by atoms with Crippen LogP contribution in [0.15, 0.2) is 4.99 Å². The third kappa shape index (κ3) is 13.5. The molecule has 0 aliphatic carbocycles. The molecule has 0 saturated carbocycles. The molecule has 0 heterocycles. The van der Waals surface area contributed by atoms with Gasteiger partial charge in [-0.1, -0.05) is 46.5 Å². The van der Waals surface area contributed by atoms with Crippen LogP contribution in [0.1, 0.15) is 66.2 Å². The second-order valence-electron chi connectivity index (χ2n) is 7.45. The summed E-state index contributed by atoms with van der Waals surface area (Å²) in [6, 6.07) is 0. The monoisotopic (exact) mass is 412 g/mol. The summed E-state index contributed by atoms with van der Waals surface area (Å²) in [6.07, 6.45) is 6.57. The zero-order valence-electron chi connectivity index (χ0n) is 15.1. The first kappa shape index (κ1) is 23.4. The summed E-state index contributed by atoms with van der Waals surface area (Å²) in [5.41, 5.74) is 0.0946. The van der Waals surface area contributed by atoms with E-state index < -0.39 is 0 Å². The Balaban J connectivity index is 0. The predicted molar refractivity (Wildman–Crippen MR) is 102 cm³/mol. The smallest absolute Gasteiger partial charge is 0.0852 e. The van der Waals surface area contributed by atoms with Crippen LogP contribution in [-0.4, -0.2) is 44.1 Å². The third-order valence-corrected chi connectivity index (χ3v) is 3.89. The van der Waals surface area contributed by atoms with Crippen LogP contribution in [0.4, 0.5) is 0 Å². The predicted octanol–water partition coefficient (Wildman–Crippen LogP) is 3.85. The van der Waals surface area contributed by atoms with Crippen molar-refractivity contribution < 1.29 is 9.59 Å². The lowest BCUT2D eigenvalue weighted by Gasteiger charge is -2.36. The first-order valence-electron chi connectivity index (χ1n) is 8.25. The fraction of sp³-hybridized carbons (Fsp3) is 0.941. The average molecular weight is 412 g/mol. The molecule has 0 aliphatic rings. The van der Waals surface area contributed by atoms with Crippen LogP contribution < -0.4 is 5.11 Å². The van der Waals surface area contributed by atoms with E-state index >= 15 is 0 Å². The van der Waals surface area contributed by atoms with Gasteiger partial charge in [-0.3, -0.25) is 0 Å². The van der Waals surface area contributed by atoms with Gasteiger partial charge in [0.1, 0.15) is 0 Å². The van der Waals surface area contributed by atoms with Gasteiger partial charge in [0.25, 0.3) is 0 Å². The highest BCUT2D eigenvalue weighted by atomic mass is 127. The number of quaternary nitrogens is 1. The molecule has 0 bridgehead atoms. The highest BCUT2D eigenvalue weighted by molar-refractivity contribution is 14.0. The minimum atomic E-state index is 0. The molecular formula is C17H37IN2O.